The molecule has 0 aliphatic carbocycles. The Bertz CT molecular complexity index is 655. The van der Waals surface area contributed by atoms with E-state index in [1.54, 1.807) is 17.4 Å². The summed E-state index contributed by atoms with van der Waals surface area (Å²) in [6.07, 6.45) is 0.721. The van der Waals surface area contributed by atoms with Gasteiger partial charge in [-0.05, 0) is 24.6 Å². The van der Waals surface area contributed by atoms with Crippen LogP contribution in [0.5, 0.6) is 0 Å². The standard InChI is InChI=1S/C16H20ClN3OS/c1-10(2)15-19-12(9-22-15)6-7-18-16(21)20-14-5-4-11(3)8-13(14)17/h4-5,8-10H,6-7H2,1-3H3,(H2,18,20,21). The van der Waals surface area contributed by atoms with E-state index in [0.29, 0.717) is 23.2 Å². The first kappa shape index (κ1) is 16.8. The number of amides is 2. The Balaban J connectivity index is 1.80. The van der Waals surface area contributed by atoms with Gasteiger partial charge in [-0.15, -0.1) is 11.3 Å². The van der Waals surface area contributed by atoms with Crippen LogP contribution < -0.4 is 10.6 Å². The molecule has 1 aromatic carbocycles. The van der Waals surface area contributed by atoms with E-state index < -0.39 is 0 Å². The van der Waals surface area contributed by atoms with Crippen LogP contribution >= 0.6 is 22.9 Å². The molecule has 2 rings (SSSR count). The number of nitrogens with zero attached hydrogens (tertiary/aromatic N) is 1. The average molecular weight is 338 g/mol. The van der Waals surface area contributed by atoms with E-state index in [2.05, 4.69) is 29.5 Å². The van der Waals surface area contributed by atoms with Crippen LogP contribution in [0.3, 0.4) is 0 Å². The molecule has 6 heteroatoms. The molecule has 0 radical (unpaired) electrons. The van der Waals surface area contributed by atoms with Gasteiger partial charge in [0.15, 0.2) is 0 Å². The number of halogens is 1. The maximum absolute atomic E-state index is 11.9. The van der Waals surface area contributed by atoms with Crippen molar-refractivity contribution in [2.24, 2.45) is 0 Å². The van der Waals surface area contributed by atoms with Gasteiger partial charge < -0.3 is 10.6 Å². The van der Waals surface area contributed by atoms with Crippen LogP contribution in [-0.2, 0) is 6.42 Å². The van der Waals surface area contributed by atoms with Gasteiger partial charge in [0.1, 0.15) is 0 Å². The number of rotatable bonds is 5. The van der Waals surface area contributed by atoms with E-state index in [0.717, 1.165) is 22.7 Å². The van der Waals surface area contributed by atoms with Gasteiger partial charge in [-0.1, -0.05) is 31.5 Å². The van der Waals surface area contributed by atoms with Gasteiger partial charge in [0, 0.05) is 24.3 Å². The summed E-state index contributed by atoms with van der Waals surface area (Å²) in [5.41, 5.74) is 2.68. The Labute approximate surface area is 139 Å². The first-order valence-corrected chi connectivity index (χ1v) is 8.46. The molecule has 0 saturated heterocycles. The molecule has 0 fully saturated rings. The number of urea groups is 1. The second-order valence-corrected chi connectivity index (χ2v) is 6.74. The van der Waals surface area contributed by atoms with Crippen molar-refractivity contribution in [2.45, 2.75) is 33.1 Å². The second-order valence-electron chi connectivity index (χ2n) is 5.45. The van der Waals surface area contributed by atoms with E-state index in [1.807, 2.05) is 24.4 Å². The van der Waals surface area contributed by atoms with Crippen molar-refractivity contribution in [1.29, 1.82) is 0 Å². The number of carbonyl (C=O) groups is 1. The van der Waals surface area contributed by atoms with E-state index >= 15 is 0 Å². The van der Waals surface area contributed by atoms with Gasteiger partial charge in [-0.3, -0.25) is 0 Å². The van der Waals surface area contributed by atoms with Crippen LogP contribution in [0.25, 0.3) is 0 Å². The van der Waals surface area contributed by atoms with Gasteiger partial charge >= 0.3 is 6.03 Å². The summed E-state index contributed by atoms with van der Waals surface area (Å²) in [6, 6.07) is 5.27. The highest BCUT2D eigenvalue weighted by Crippen LogP contribution is 2.22. The second kappa shape index (κ2) is 7.61. The van der Waals surface area contributed by atoms with Crippen molar-refractivity contribution in [3.05, 3.63) is 44.9 Å². The molecule has 2 N–H and O–H groups in total. The number of benzene rings is 1. The van der Waals surface area contributed by atoms with Crippen molar-refractivity contribution in [3.8, 4) is 0 Å². The molecule has 118 valence electrons. The average Bonchev–Trinajstić information content (AvgIpc) is 2.91. The van der Waals surface area contributed by atoms with Crippen molar-refractivity contribution >= 4 is 34.7 Å². The zero-order valence-corrected chi connectivity index (χ0v) is 14.5. The fourth-order valence-corrected chi connectivity index (χ4v) is 3.05. The first-order valence-electron chi connectivity index (χ1n) is 7.21. The van der Waals surface area contributed by atoms with E-state index in [9.17, 15) is 4.79 Å². The van der Waals surface area contributed by atoms with Crippen LogP contribution in [-0.4, -0.2) is 17.6 Å². The van der Waals surface area contributed by atoms with Gasteiger partial charge in [-0.2, -0.15) is 0 Å². The largest absolute Gasteiger partial charge is 0.337 e. The number of hydrogen-bond acceptors (Lipinski definition) is 3. The summed E-state index contributed by atoms with van der Waals surface area (Å²) in [7, 11) is 0. The van der Waals surface area contributed by atoms with E-state index in [4.69, 9.17) is 11.6 Å². The molecule has 22 heavy (non-hydrogen) atoms. The molecule has 1 aromatic heterocycles. The molecule has 0 unspecified atom stereocenters. The van der Waals surface area contributed by atoms with Gasteiger partial charge in [0.2, 0.25) is 0 Å². The number of nitrogens with one attached hydrogen (secondary N) is 2. The molecule has 0 bridgehead atoms. The Kier molecular flexibility index (Phi) is 5.80. The molecular weight excluding hydrogens is 318 g/mol. The summed E-state index contributed by atoms with van der Waals surface area (Å²) in [5, 5.41) is 9.28. The zero-order valence-electron chi connectivity index (χ0n) is 12.9. The van der Waals surface area contributed by atoms with Crippen molar-refractivity contribution in [3.63, 3.8) is 0 Å². The first-order chi connectivity index (χ1) is 10.5. The Morgan fingerprint density at radius 3 is 2.82 bits per heavy atom. The molecule has 1 heterocycles. The topological polar surface area (TPSA) is 54.0 Å². The normalized spacial score (nSPS) is 10.8. The maximum Gasteiger partial charge on any atom is 0.319 e. The third-order valence-electron chi connectivity index (χ3n) is 3.10. The lowest BCUT2D eigenvalue weighted by Gasteiger charge is -2.09. The number of hydrogen-bond donors (Lipinski definition) is 2. The van der Waals surface area contributed by atoms with Crippen molar-refractivity contribution in [1.82, 2.24) is 10.3 Å². The maximum atomic E-state index is 11.9. The number of aryl methyl sites for hydroxylation is 1. The fourth-order valence-electron chi connectivity index (χ4n) is 1.89. The smallest absolute Gasteiger partial charge is 0.319 e. The van der Waals surface area contributed by atoms with Crippen molar-refractivity contribution in [2.75, 3.05) is 11.9 Å². The van der Waals surface area contributed by atoms with Crippen LogP contribution in [0.1, 0.15) is 36.0 Å². The van der Waals surface area contributed by atoms with Gasteiger partial charge in [0.05, 0.1) is 21.4 Å². The molecule has 0 atom stereocenters. The van der Waals surface area contributed by atoms with Gasteiger partial charge in [0.25, 0.3) is 0 Å². The number of thiazole rings is 1. The SMILES string of the molecule is Cc1ccc(NC(=O)NCCc2csc(C(C)C)n2)c(Cl)c1. The molecule has 0 aliphatic rings. The minimum absolute atomic E-state index is 0.259. The monoisotopic (exact) mass is 337 g/mol. The summed E-state index contributed by atoms with van der Waals surface area (Å²) in [4.78, 5) is 16.4. The number of aromatic nitrogens is 1. The Hall–Kier alpha value is -1.59. The summed E-state index contributed by atoms with van der Waals surface area (Å²) in [5.74, 6) is 0.443. The van der Waals surface area contributed by atoms with Crippen molar-refractivity contribution < 1.29 is 4.79 Å². The van der Waals surface area contributed by atoms with E-state index in [1.165, 1.54) is 0 Å². The summed E-state index contributed by atoms with van der Waals surface area (Å²) in [6.45, 7) is 6.74. The molecule has 0 saturated carbocycles. The van der Waals surface area contributed by atoms with Crippen LogP contribution in [0.15, 0.2) is 23.6 Å². The van der Waals surface area contributed by atoms with Crippen LogP contribution in [0.4, 0.5) is 10.5 Å². The highest BCUT2D eigenvalue weighted by Gasteiger charge is 2.08. The Morgan fingerprint density at radius 2 is 2.18 bits per heavy atom. The number of anilines is 1. The molecular formula is C16H20ClN3OS. The highest BCUT2D eigenvalue weighted by molar-refractivity contribution is 7.09. The minimum Gasteiger partial charge on any atom is -0.337 e. The van der Waals surface area contributed by atoms with Crippen LogP contribution in [0.2, 0.25) is 5.02 Å². The summed E-state index contributed by atoms with van der Waals surface area (Å²) >= 11 is 7.75. The molecule has 4 nitrogen and oxygen atoms in total. The van der Waals surface area contributed by atoms with E-state index in [-0.39, 0.29) is 6.03 Å². The molecule has 0 aliphatic heterocycles. The highest BCUT2D eigenvalue weighted by atomic mass is 35.5. The van der Waals surface area contributed by atoms with Crippen LogP contribution in [0, 0.1) is 6.92 Å². The fraction of sp³-hybridized carbons (Fsp3) is 0.375. The summed E-state index contributed by atoms with van der Waals surface area (Å²) < 4.78 is 0. The lowest BCUT2D eigenvalue weighted by molar-refractivity contribution is 0.252. The zero-order chi connectivity index (χ0) is 16.1. The van der Waals surface area contributed by atoms with Gasteiger partial charge in [-0.25, -0.2) is 9.78 Å². The molecule has 0 spiro atoms. The number of carbonyl (C=O) groups excluding carboxylic acids is 1. The quantitative estimate of drug-likeness (QED) is 0.838. The minimum atomic E-state index is -0.259. The third-order valence-corrected chi connectivity index (χ3v) is 4.61. The predicted molar refractivity (Wildman–Crippen MR) is 93.1 cm³/mol. The Morgan fingerprint density at radius 1 is 1.41 bits per heavy atom. The molecule has 2 aromatic rings. The lowest BCUT2D eigenvalue weighted by Crippen LogP contribution is -2.30. The lowest BCUT2D eigenvalue weighted by atomic mass is 10.2. The predicted octanol–water partition coefficient (Wildman–Crippen LogP) is 4.59. The third kappa shape index (κ3) is 4.71. The molecule has 2 amide bonds.